The Morgan fingerprint density at radius 2 is 1.70 bits per heavy atom. The first kappa shape index (κ1) is 18.3. The van der Waals surface area contributed by atoms with Gasteiger partial charge in [0.05, 0.1) is 4.92 Å². The van der Waals surface area contributed by atoms with Crippen LogP contribution in [-0.2, 0) is 0 Å². The van der Waals surface area contributed by atoms with Gasteiger partial charge in [0.15, 0.2) is 0 Å². The lowest BCUT2D eigenvalue weighted by molar-refractivity contribution is -0.384. The number of hydrogen-bond donors (Lipinski definition) is 0. The predicted molar refractivity (Wildman–Crippen MR) is 105 cm³/mol. The molecule has 2 unspecified atom stereocenters. The third-order valence-corrected chi connectivity index (χ3v) is 6.62. The van der Waals surface area contributed by atoms with Crippen LogP contribution in [-0.4, -0.2) is 41.4 Å². The van der Waals surface area contributed by atoms with Crippen LogP contribution in [0, 0.1) is 16.0 Å². The fraction of sp³-hybridized carbons (Fsp3) is 0.667. The Morgan fingerprint density at radius 3 is 2.48 bits per heavy atom. The fourth-order valence-corrected chi connectivity index (χ4v) is 5.25. The number of fused-ring (bicyclic) bond motifs is 1. The Labute approximate surface area is 160 Å². The molecular weight excluding hydrogens is 342 g/mol. The molecule has 1 aromatic rings. The number of anilines is 1. The molecule has 2 saturated heterocycles. The highest BCUT2D eigenvalue weighted by Crippen LogP contribution is 2.37. The Hall–Kier alpha value is -2.11. The van der Waals surface area contributed by atoms with Crippen LogP contribution < -0.4 is 4.90 Å². The minimum absolute atomic E-state index is 0.0279. The first-order valence-corrected chi connectivity index (χ1v) is 10.5. The number of hydrogen-bond acceptors (Lipinski definition) is 4. The molecular formula is C21H29N3O3. The van der Waals surface area contributed by atoms with Crippen LogP contribution in [0.25, 0.3) is 0 Å². The van der Waals surface area contributed by atoms with E-state index in [0.29, 0.717) is 23.2 Å². The van der Waals surface area contributed by atoms with E-state index in [-0.39, 0.29) is 16.5 Å². The van der Waals surface area contributed by atoms with Crippen molar-refractivity contribution in [2.75, 3.05) is 24.5 Å². The molecule has 2 aliphatic heterocycles. The van der Waals surface area contributed by atoms with Crippen LogP contribution in [0.15, 0.2) is 18.2 Å². The molecule has 146 valence electrons. The molecule has 0 N–H and O–H groups in total. The molecule has 0 radical (unpaired) electrons. The molecule has 6 heteroatoms. The van der Waals surface area contributed by atoms with E-state index in [0.717, 1.165) is 45.3 Å². The minimum atomic E-state index is -0.333. The van der Waals surface area contributed by atoms with E-state index in [2.05, 4.69) is 4.90 Å². The summed E-state index contributed by atoms with van der Waals surface area (Å²) in [6.07, 6.45) is 10.3. The van der Waals surface area contributed by atoms with Crippen LogP contribution in [0.3, 0.4) is 0 Å². The molecule has 1 aromatic carbocycles. The van der Waals surface area contributed by atoms with Gasteiger partial charge in [-0.2, -0.15) is 0 Å². The van der Waals surface area contributed by atoms with Gasteiger partial charge in [-0.1, -0.05) is 12.8 Å². The monoisotopic (exact) mass is 371 g/mol. The lowest BCUT2D eigenvalue weighted by atomic mass is 9.78. The maximum atomic E-state index is 13.2. The average molecular weight is 371 g/mol. The van der Waals surface area contributed by atoms with Crippen LogP contribution in [0.2, 0.25) is 0 Å². The molecule has 2 heterocycles. The van der Waals surface area contributed by atoms with Crippen molar-refractivity contribution >= 4 is 17.3 Å². The van der Waals surface area contributed by atoms with E-state index in [1.54, 1.807) is 12.1 Å². The van der Waals surface area contributed by atoms with Gasteiger partial charge < -0.3 is 9.80 Å². The van der Waals surface area contributed by atoms with Gasteiger partial charge >= 0.3 is 0 Å². The highest BCUT2D eigenvalue weighted by molar-refractivity contribution is 5.96. The quantitative estimate of drug-likeness (QED) is 0.584. The van der Waals surface area contributed by atoms with Crippen molar-refractivity contribution in [3.05, 3.63) is 33.9 Å². The lowest BCUT2D eigenvalue weighted by Crippen LogP contribution is -2.49. The summed E-state index contributed by atoms with van der Waals surface area (Å²) in [7, 11) is 0. The standard InChI is InChI=1S/C21H29N3O3/c25-21(23-14-6-8-16-7-2-3-9-18(16)23)17-10-11-19(20(15-17)24(26)27)22-12-4-1-5-13-22/h10-11,15-16,18H,1-9,12-14H2. The van der Waals surface area contributed by atoms with Crippen molar-refractivity contribution in [3.8, 4) is 0 Å². The number of nitro benzene ring substituents is 1. The maximum Gasteiger partial charge on any atom is 0.293 e. The molecule has 27 heavy (non-hydrogen) atoms. The third-order valence-electron chi connectivity index (χ3n) is 6.62. The highest BCUT2D eigenvalue weighted by Gasteiger charge is 2.36. The largest absolute Gasteiger partial charge is 0.366 e. The number of carbonyl (C=O) groups excluding carboxylic acids is 1. The minimum Gasteiger partial charge on any atom is -0.366 e. The summed E-state index contributed by atoms with van der Waals surface area (Å²) in [6, 6.07) is 5.42. The Balaban J connectivity index is 1.60. The number of nitrogens with zero attached hydrogens (tertiary/aromatic N) is 3. The first-order chi connectivity index (χ1) is 13.1. The number of amides is 1. The van der Waals surface area contributed by atoms with Gasteiger partial charge in [-0.25, -0.2) is 0 Å². The smallest absolute Gasteiger partial charge is 0.293 e. The van der Waals surface area contributed by atoms with E-state index < -0.39 is 0 Å². The highest BCUT2D eigenvalue weighted by atomic mass is 16.6. The van der Waals surface area contributed by atoms with Gasteiger partial charge in [-0.15, -0.1) is 0 Å². The fourth-order valence-electron chi connectivity index (χ4n) is 5.25. The van der Waals surface area contributed by atoms with Gasteiger partial charge in [0.2, 0.25) is 0 Å². The van der Waals surface area contributed by atoms with Gasteiger partial charge in [-0.3, -0.25) is 14.9 Å². The zero-order valence-corrected chi connectivity index (χ0v) is 15.9. The van der Waals surface area contributed by atoms with E-state index in [9.17, 15) is 14.9 Å². The zero-order chi connectivity index (χ0) is 18.8. The van der Waals surface area contributed by atoms with Crippen molar-refractivity contribution in [3.63, 3.8) is 0 Å². The van der Waals surface area contributed by atoms with Crippen LogP contribution >= 0.6 is 0 Å². The number of benzene rings is 1. The summed E-state index contributed by atoms with van der Waals surface area (Å²) in [6.45, 7) is 2.48. The van der Waals surface area contributed by atoms with Crippen LogP contribution in [0.4, 0.5) is 11.4 Å². The molecule has 1 aliphatic carbocycles. The molecule has 4 rings (SSSR count). The maximum absolute atomic E-state index is 13.2. The lowest BCUT2D eigenvalue weighted by Gasteiger charge is -2.44. The SMILES string of the molecule is O=C(c1ccc(N2CCCCC2)c([N+](=O)[O-])c1)N1CCCC2CCCCC21. The summed E-state index contributed by atoms with van der Waals surface area (Å²) >= 11 is 0. The molecule has 0 spiro atoms. The van der Waals surface area contributed by atoms with Crippen LogP contribution in [0.1, 0.15) is 68.1 Å². The number of rotatable bonds is 3. The molecule has 3 aliphatic rings. The summed E-state index contributed by atoms with van der Waals surface area (Å²) < 4.78 is 0. The summed E-state index contributed by atoms with van der Waals surface area (Å²) in [4.78, 5) is 28.7. The van der Waals surface area contributed by atoms with Crippen molar-refractivity contribution in [2.45, 2.75) is 63.8 Å². The van der Waals surface area contributed by atoms with E-state index in [4.69, 9.17) is 0 Å². The van der Waals surface area contributed by atoms with E-state index in [1.807, 2.05) is 4.90 Å². The second-order valence-corrected chi connectivity index (χ2v) is 8.26. The number of nitro groups is 1. The molecule has 2 atom stereocenters. The summed E-state index contributed by atoms with van der Waals surface area (Å²) in [5, 5.41) is 11.7. The van der Waals surface area contributed by atoms with Crippen molar-refractivity contribution < 1.29 is 9.72 Å². The van der Waals surface area contributed by atoms with Crippen molar-refractivity contribution in [1.29, 1.82) is 0 Å². The van der Waals surface area contributed by atoms with Gasteiger partial charge in [0, 0.05) is 37.3 Å². The topological polar surface area (TPSA) is 66.7 Å². The predicted octanol–water partition coefficient (Wildman–Crippen LogP) is 4.38. The number of piperidine rings is 2. The average Bonchev–Trinajstić information content (AvgIpc) is 2.73. The van der Waals surface area contributed by atoms with Crippen molar-refractivity contribution in [1.82, 2.24) is 4.90 Å². The normalized spacial score (nSPS) is 25.8. The second-order valence-electron chi connectivity index (χ2n) is 8.26. The van der Waals surface area contributed by atoms with Gasteiger partial charge in [0.1, 0.15) is 5.69 Å². The van der Waals surface area contributed by atoms with Gasteiger partial charge in [-0.05, 0) is 63.0 Å². The third kappa shape index (κ3) is 3.66. The molecule has 1 amide bonds. The first-order valence-electron chi connectivity index (χ1n) is 10.5. The molecule has 6 nitrogen and oxygen atoms in total. The Bertz CT molecular complexity index is 713. The number of carbonyl (C=O) groups is 1. The zero-order valence-electron chi connectivity index (χ0n) is 15.9. The van der Waals surface area contributed by atoms with Gasteiger partial charge in [0.25, 0.3) is 11.6 Å². The summed E-state index contributed by atoms with van der Waals surface area (Å²) in [5.74, 6) is 0.582. The van der Waals surface area contributed by atoms with E-state index >= 15 is 0 Å². The Morgan fingerprint density at radius 1 is 0.963 bits per heavy atom. The molecule has 0 bridgehead atoms. The van der Waals surface area contributed by atoms with Crippen molar-refractivity contribution in [2.24, 2.45) is 5.92 Å². The summed E-state index contributed by atoms with van der Waals surface area (Å²) in [5.41, 5.74) is 1.19. The molecule has 3 fully saturated rings. The van der Waals surface area contributed by atoms with E-state index in [1.165, 1.54) is 38.2 Å². The second kappa shape index (κ2) is 7.87. The molecule has 1 saturated carbocycles. The van der Waals surface area contributed by atoms with Crippen LogP contribution in [0.5, 0.6) is 0 Å². The molecule has 0 aromatic heterocycles. The number of likely N-dealkylation sites (tertiary alicyclic amines) is 1. The Kier molecular flexibility index (Phi) is 5.32.